The van der Waals surface area contributed by atoms with Crippen molar-refractivity contribution in [3.8, 4) is 6.07 Å². The van der Waals surface area contributed by atoms with Crippen molar-refractivity contribution in [2.75, 3.05) is 11.6 Å². The summed E-state index contributed by atoms with van der Waals surface area (Å²) in [5.41, 5.74) is 2.51. The van der Waals surface area contributed by atoms with Crippen molar-refractivity contribution in [3.63, 3.8) is 0 Å². The highest BCUT2D eigenvalue weighted by molar-refractivity contribution is 7.98. The molecular weight excluding hydrogens is 259 g/mol. The van der Waals surface area contributed by atoms with Crippen molar-refractivity contribution in [3.05, 3.63) is 53.3 Å². The van der Waals surface area contributed by atoms with Gasteiger partial charge in [-0.3, -0.25) is 0 Å². The lowest BCUT2D eigenvalue weighted by atomic mass is 10.1. The van der Waals surface area contributed by atoms with E-state index in [-0.39, 0.29) is 5.82 Å². The number of nitrogens with one attached hydrogen (secondary N) is 1. The number of aryl methyl sites for hydroxylation is 1. The average molecular weight is 272 g/mol. The van der Waals surface area contributed by atoms with Crippen molar-refractivity contribution < 1.29 is 4.39 Å². The molecule has 2 rings (SSSR count). The first-order valence-corrected chi connectivity index (χ1v) is 6.98. The second-order valence-corrected chi connectivity index (χ2v) is 4.93. The van der Waals surface area contributed by atoms with E-state index in [0.717, 1.165) is 4.90 Å². The molecule has 4 heteroatoms. The van der Waals surface area contributed by atoms with Gasteiger partial charge < -0.3 is 5.32 Å². The van der Waals surface area contributed by atoms with Crippen LogP contribution >= 0.6 is 11.8 Å². The van der Waals surface area contributed by atoms with E-state index in [1.54, 1.807) is 19.1 Å². The lowest BCUT2D eigenvalue weighted by Gasteiger charge is -2.11. The number of hydrogen-bond acceptors (Lipinski definition) is 3. The Hall–Kier alpha value is -1.99. The van der Waals surface area contributed by atoms with Crippen molar-refractivity contribution in [2.24, 2.45) is 0 Å². The number of nitriles is 1. The molecule has 1 N–H and O–H groups in total. The summed E-state index contributed by atoms with van der Waals surface area (Å²) in [6.07, 6.45) is 1.92. The summed E-state index contributed by atoms with van der Waals surface area (Å²) in [7, 11) is 0. The molecule has 96 valence electrons. The van der Waals surface area contributed by atoms with Gasteiger partial charge in [-0.15, -0.1) is 11.8 Å². The monoisotopic (exact) mass is 272 g/mol. The van der Waals surface area contributed by atoms with E-state index in [9.17, 15) is 9.65 Å². The van der Waals surface area contributed by atoms with E-state index < -0.39 is 0 Å². The Bertz CT molecular complexity index is 647. The van der Waals surface area contributed by atoms with Crippen molar-refractivity contribution in [1.29, 1.82) is 5.26 Å². The zero-order valence-electron chi connectivity index (χ0n) is 10.7. The van der Waals surface area contributed by atoms with Crippen LogP contribution in [-0.4, -0.2) is 6.26 Å². The molecule has 0 amide bonds. The summed E-state index contributed by atoms with van der Waals surface area (Å²) in [4.78, 5) is 0.903. The molecule has 0 heterocycles. The fourth-order valence-corrected chi connectivity index (χ4v) is 2.32. The molecule has 0 atom stereocenters. The molecule has 0 bridgehead atoms. The number of nitrogens with zero attached hydrogens (tertiary/aromatic N) is 1. The summed E-state index contributed by atoms with van der Waals surface area (Å²) < 4.78 is 13.5. The molecule has 0 aliphatic rings. The first kappa shape index (κ1) is 13.4. The molecule has 0 radical (unpaired) electrons. The van der Waals surface area contributed by atoms with Gasteiger partial charge in [0.2, 0.25) is 0 Å². The van der Waals surface area contributed by atoms with Crippen LogP contribution in [0.1, 0.15) is 11.1 Å². The Kier molecular flexibility index (Phi) is 4.08. The lowest BCUT2D eigenvalue weighted by Crippen LogP contribution is -1.96. The number of hydrogen-bond donors (Lipinski definition) is 1. The maximum atomic E-state index is 13.5. The number of halogens is 1. The van der Waals surface area contributed by atoms with E-state index >= 15 is 0 Å². The molecule has 0 aliphatic heterocycles. The standard InChI is InChI=1S/C15H13FN2S/c1-10-6-7-11(8-13(10)16)18-14-4-3-5-15(19-2)12(14)9-17/h3-8,18H,1-2H3. The largest absolute Gasteiger partial charge is 0.354 e. The number of rotatable bonds is 3. The van der Waals surface area contributed by atoms with Gasteiger partial charge in [0.1, 0.15) is 11.9 Å². The smallest absolute Gasteiger partial charge is 0.128 e. The van der Waals surface area contributed by atoms with Crippen LogP contribution in [0.15, 0.2) is 41.3 Å². The van der Waals surface area contributed by atoms with Gasteiger partial charge in [-0.25, -0.2) is 4.39 Å². The Balaban J connectivity index is 2.38. The van der Waals surface area contributed by atoms with Gasteiger partial charge in [0.15, 0.2) is 0 Å². The first-order chi connectivity index (χ1) is 9.15. The maximum absolute atomic E-state index is 13.5. The predicted molar refractivity (Wildman–Crippen MR) is 77.4 cm³/mol. The fraction of sp³-hybridized carbons (Fsp3) is 0.133. The molecule has 0 fully saturated rings. The van der Waals surface area contributed by atoms with Gasteiger partial charge in [-0.1, -0.05) is 12.1 Å². The summed E-state index contributed by atoms with van der Waals surface area (Å²) in [5, 5.41) is 12.3. The third kappa shape index (κ3) is 2.88. The maximum Gasteiger partial charge on any atom is 0.128 e. The highest BCUT2D eigenvalue weighted by Gasteiger charge is 2.08. The summed E-state index contributed by atoms with van der Waals surface area (Å²) in [6.45, 7) is 1.72. The minimum absolute atomic E-state index is 0.260. The van der Waals surface area contributed by atoms with Crippen molar-refractivity contribution in [2.45, 2.75) is 11.8 Å². The summed E-state index contributed by atoms with van der Waals surface area (Å²) >= 11 is 1.51. The van der Waals surface area contributed by atoms with Crippen LogP contribution in [-0.2, 0) is 0 Å². The highest BCUT2D eigenvalue weighted by atomic mass is 32.2. The minimum atomic E-state index is -0.260. The van der Waals surface area contributed by atoms with Crippen LogP contribution in [0.4, 0.5) is 15.8 Å². The predicted octanol–water partition coefficient (Wildman–Crippen LogP) is 4.47. The van der Waals surface area contributed by atoms with Crippen molar-refractivity contribution in [1.82, 2.24) is 0 Å². The number of thioether (sulfide) groups is 1. The van der Waals surface area contributed by atoms with Gasteiger partial charge in [0, 0.05) is 10.6 Å². The molecule has 2 aromatic rings. The molecule has 2 nitrogen and oxygen atoms in total. The quantitative estimate of drug-likeness (QED) is 0.837. The Morgan fingerprint density at radius 2 is 2.05 bits per heavy atom. The third-order valence-electron chi connectivity index (χ3n) is 2.81. The molecular formula is C15H13FN2S. The molecule has 0 aromatic heterocycles. The zero-order chi connectivity index (χ0) is 13.8. The molecule has 2 aromatic carbocycles. The van der Waals surface area contributed by atoms with Crippen LogP contribution in [0.25, 0.3) is 0 Å². The topological polar surface area (TPSA) is 35.8 Å². The Labute approximate surface area is 116 Å². The van der Waals surface area contributed by atoms with Crippen LogP contribution in [0.2, 0.25) is 0 Å². The third-order valence-corrected chi connectivity index (χ3v) is 3.59. The van der Waals surface area contributed by atoms with Crippen molar-refractivity contribution >= 4 is 23.1 Å². The van der Waals surface area contributed by atoms with Gasteiger partial charge in [0.05, 0.1) is 11.3 Å². The van der Waals surface area contributed by atoms with Gasteiger partial charge in [-0.2, -0.15) is 5.26 Å². The molecule has 0 saturated heterocycles. The highest BCUT2D eigenvalue weighted by Crippen LogP contribution is 2.28. The molecule has 0 aliphatic carbocycles. The molecule has 0 saturated carbocycles. The van der Waals surface area contributed by atoms with Gasteiger partial charge in [0.25, 0.3) is 0 Å². The SMILES string of the molecule is CSc1cccc(Nc2ccc(C)c(F)c2)c1C#N. The van der Waals surface area contributed by atoms with E-state index in [1.807, 2.05) is 24.5 Å². The minimum Gasteiger partial charge on any atom is -0.354 e. The van der Waals surface area contributed by atoms with Crippen LogP contribution < -0.4 is 5.32 Å². The van der Waals surface area contributed by atoms with Gasteiger partial charge >= 0.3 is 0 Å². The second kappa shape index (κ2) is 5.77. The first-order valence-electron chi connectivity index (χ1n) is 5.76. The second-order valence-electron chi connectivity index (χ2n) is 4.08. The fourth-order valence-electron chi connectivity index (χ4n) is 1.75. The van der Waals surface area contributed by atoms with E-state index in [4.69, 9.17) is 0 Å². The molecule has 19 heavy (non-hydrogen) atoms. The lowest BCUT2D eigenvalue weighted by molar-refractivity contribution is 0.619. The molecule has 0 spiro atoms. The molecule has 0 unspecified atom stereocenters. The van der Waals surface area contributed by atoms with Crippen LogP contribution in [0, 0.1) is 24.1 Å². The Morgan fingerprint density at radius 1 is 1.26 bits per heavy atom. The normalized spacial score (nSPS) is 10.0. The van der Waals surface area contributed by atoms with E-state index in [0.29, 0.717) is 22.5 Å². The van der Waals surface area contributed by atoms with Gasteiger partial charge in [-0.05, 0) is 43.0 Å². The van der Waals surface area contributed by atoms with E-state index in [1.165, 1.54) is 17.8 Å². The number of anilines is 2. The average Bonchev–Trinajstić information content (AvgIpc) is 2.42. The summed E-state index contributed by atoms with van der Waals surface area (Å²) in [6, 6.07) is 12.7. The van der Waals surface area contributed by atoms with Crippen LogP contribution in [0.5, 0.6) is 0 Å². The van der Waals surface area contributed by atoms with E-state index in [2.05, 4.69) is 11.4 Å². The summed E-state index contributed by atoms with van der Waals surface area (Å²) in [5.74, 6) is -0.260. The zero-order valence-corrected chi connectivity index (χ0v) is 11.5. The number of benzene rings is 2. The Morgan fingerprint density at radius 3 is 2.68 bits per heavy atom. The van der Waals surface area contributed by atoms with Crippen LogP contribution in [0.3, 0.4) is 0 Å².